The van der Waals surface area contributed by atoms with Crippen molar-refractivity contribution in [2.45, 2.75) is 38.5 Å². The van der Waals surface area contributed by atoms with E-state index in [1.807, 2.05) is 12.1 Å². The van der Waals surface area contributed by atoms with Crippen LogP contribution >= 0.6 is 0 Å². The number of benzene rings is 1. The molecule has 2 N–H and O–H groups in total. The third-order valence-electron chi connectivity index (χ3n) is 2.56. The van der Waals surface area contributed by atoms with Crippen LogP contribution in [0.15, 0.2) is 24.3 Å². The lowest BCUT2D eigenvalue weighted by atomic mass is 10.1. The lowest BCUT2D eigenvalue weighted by Gasteiger charge is -2.01. The summed E-state index contributed by atoms with van der Waals surface area (Å²) >= 11 is 0. The number of rotatable bonds is 7. The van der Waals surface area contributed by atoms with Crippen LogP contribution in [-0.2, 0) is 6.42 Å². The molecule has 0 atom stereocenters. The Balaban J connectivity index is 2.07. The van der Waals surface area contributed by atoms with Gasteiger partial charge in [-0.2, -0.15) is 0 Å². The zero-order chi connectivity index (χ0) is 10.9. The summed E-state index contributed by atoms with van der Waals surface area (Å²) in [4.78, 5) is 0. The summed E-state index contributed by atoms with van der Waals surface area (Å²) in [6.45, 7) is 0.317. The van der Waals surface area contributed by atoms with Crippen LogP contribution in [0.25, 0.3) is 0 Å². The van der Waals surface area contributed by atoms with Gasteiger partial charge in [0, 0.05) is 6.61 Å². The fourth-order valence-electron chi connectivity index (χ4n) is 1.63. The van der Waals surface area contributed by atoms with Gasteiger partial charge in [0.2, 0.25) is 0 Å². The zero-order valence-electron chi connectivity index (χ0n) is 9.15. The van der Waals surface area contributed by atoms with E-state index >= 15 is 0 Å². The van der Waals surface area contributed by atoms with Gasteiger partial charge >= 0.3 is 0 Å². The second-order valence-electron chi connectivity index (χ2n) is 3.91. The minimum absolute atomic E-state index is 0.317. The molecule has 0 amide bonds. The summed E-state index contributed by atoms with van der Waals surface area (Å²) < 4.78 is 0. The van der Waals surface area contributed by atoms with Gasteiger partial charge in [-0.25, -0.2) is 0 Å². The van der Waals surface area contributed by atoms with Crippen LogP contribution in [0.2, 0.25) is 0 Å². The van der Waals surface area contributed by atoms with E-state index in [0.29, 0.717) is 12.4 Å². The van der Waals surface area contributed by atoms with E-state index in [4.69, 9.17) is 10.2 Å². The van der Waals surface area contributed by atoms with Crippen LogP contribution in [0, 0.1) is 0 Å². The molecule has 0 unspecified atom stereocenters. The number of unbranched alkanes of at least 4 members (excludes halogenated alkanes) is 4. The molecule has 84 valence electrons. The predicted molar refractivity (Wildman–Crippen MR) is 62.0 cm³/mol. The molecule has 0 bridgehead atoms. The van der Waals surface area contributed by atoms with Gasteiger partial charge in [-0.1, -0.05) is 31.4 Å². The Hall–Kier alpha value is -1.02. The van der Waals surface area contributed by atoms with Crippen LogP contribution in [0.1, 0.15) is 37.7 Å². The first-order valence-electron chi connectivity index (χ1n) is 5.71. The lowest BCUT2D eigenvalue weighted by Crippen LogP contribution is -1.87. The molecule has 1 rings (SSSR count). The second kappa shape index (κ2) is 7.30. The van der Waals surface area contributed by atoms with Crippen LogP contribution in [0.5, 0.6) is 5.75 Å². The minimum Gasteiger partial charge on any atom is -0.508 e. The van der Waals surface area contributed by atoms with Crippen molar-refractivity contribution in [2.75, 3.05) is 6.61 Å². The van der Waals surface area contributed by atoms with Crippen molar-refractivity contribution in [3.8, 4) is 5.75 Å². The first-order valence-corrected chi connectivity index (χ1v) is 5.71. The van der Waals surface area contributed by atoms with Crippen molar-refractivity contribution in [1.82, 2.24) is 0 Å². The maximum atomic E-state index is 9.10. The molecule has 0 radical (unpaired) electrons. The molecule has 2 heteroatoms. The van der Waals surface area contributed by atoms with E-state index in [-0.39, 0.29) is 0 Å². The molecule has 1 aromatic rings. The molecule has 0 aliphatic heterocycles. The van der Waals surface area contributed by atoms with Crippen molar-refractivity contribution in [1.29, 1.82) is 0 Å². The third-order valence-corrected chi connectivity index (χ3v) is 2.56. The molecule has 2 nitrogen and oxygen atoms in total. The number of aliphatic hydroxyl groups is 1. The lowest BCUT2D eigenvalue weighted by molar-refractivity contribution is 0.282. The van der Waals surface area contributed by atoms with E-state index in [1.54, 1.807) is 12.1 Å². The van der Waals surface area contributed by atoms with Gasteiger partial charge in [0.05, 0.1) is 0 Å². The molecular weight excluding hydrogens is 188 g/mol. The Morgan fingerprint density at radius 3 is 2.07 bits per heavy atom. The van der Waals surface area contributed by atoms with Gasteiger partial charge in [0.25, 0.3) is 0 Å². The van der Waals surface area contributed by atoms with Gasteiger partial charge in [-0.15, -0.1) is 0 Å². The standard InChI is InChI=1S/C13H20O2/c14-11-5-3-1-2-4-6-12-7-9-13(15)10-8-12/h7-10,14-15H,1-6,11H2. The second-order valence-corrected chi connectivity index (χ2v) is 3.91. The van der Waals surface area contributed by atoms with Crippen molar-refractivity contribution in [2.24, 2.45) is 0 Å². The van der Waals surface area contributed by atoms with Crippen molar-refractivity contribution in [3.63, 3.8) is 0 Å². The number of hydrogen-bond acceptors (Lipinski definition) is 2. The average Bonchev–Trinajstić information content (AvgIpc) is 2.26. The summed E-state index contributed by atoms with van der Waals surface area (Å²) in [5.74, 6) is 0.335. The van der Waals surface area contributed by atoms with Crippen LogP contribution in [0.3, 0.4) is 0 Å². The highest BCUT2D eigenvalue weighted by Gasteiger charge is 1.94. The first-order chi connectivity index (χ1) is 7.33. The van der Waals surface area contributed by atoms with E-state index in [1.165, 1.54) is 24.8 Å². The summed E-state index contributed by atoms with van der Waals surface area (Å²) in [7, 11) is 0. The number of phenols is 1. The summed E-state index contributed by atoms with van der Waals surface area (Å²) in [5.41, 5.74) is 1.29. The Bertz CT molecular complexity index is 254. The molecule has 0 heterocycles. The molecule has 1 aromatic carbocycles. The van der Waals surface area contributed by atoms with E-state index < -0.39 is 0 Å². The number of hydrogen-bond donors (Lipinski definition) is 2. The monoisotopic (exact) mass is 208 g/mol. The fourth-order valence-corrected chi connectivity index (χ4v) is 1.63. The van der Waals surface area contributed by atoms with Gasteiger partial charge in [-0.05, 0) is 37.0 Å². The average molecular weight is 208 g/mol. The highest BCUT2D eigenvalue weighted by Crippen LogP contribution is 2.13. The minimum atomic E-state index is 0.317. The Kier molecular flexibility index (Phi) is 5.86. The maximum absolute atomic E-state index is 9.10. The highest BCUT2D eigenvalue weighted by molar-refractivity contribution is 5.25. The number of aromatic hydroxyl groups is 1. The first kappa shape index (κ1) is 12.1. The molecule has 0 spiro atoms. The van der Waals surface area contributed by atoms with Crippen molar-refractivity contribution < 1.29 is 10.2 Å². The Labute approximate surface area is 91.6 Å². The SMILES string of the molecule is OCCCCCCCc1ccc(O)cc1. The molecular formula is C13H20O2. The number of aryl methyl sites for hydroxylation is 1. The molecule has 0 aromatic heterocycles. The van der Waals surface area contributed by atoms with Gasteiger partial charge < -0.3 is 10.2 Å². The third kappa shape index (κ3) is 5.43. The Morgan fingerprint density at radius 1 is 0.800 bits per heavy atom. The molecule has 0 aliphatic rings. The van der Waals surface area contributed by atoms with Gasteiger partial charge in [0.1, 0.15) is 5.75 Å². The van der Waals surface area contributed by atoms with E-state index in [0.717, 1.165) is 19.3 Å². The van der Waals surface area contributed by atoms with Crippen molar-refractivity contribution in [3.05, 3.63) is 29.8 Å². The largest absolute Gasteiger partial charge is 0.508 e. The summed E-state index contributed by atoms with van der Waals surface area (Å²) in [6.07, 6.45) is 6.76. The van der Waals surface area contributed by atoms with Crippen LogP contribution in [0.4, 0.5) is 0 Å². The quantitative estimate of drug-likeness (QED) is 0.676. The normalized spacial score (nSPS) is 10.5. The van der Waals surface area contributed by atoms with Gasteiger partial charge in [-0.3, -0.25) is 0 Å². The molecule has 0 aliphatic carbocycles. The zero-order valence-corrected chi connectivity index (χ0v) is 9.15. The van der Waals surface area contributed by atoms with E-state index in [9.17, 15) is 0 Å². The summed E-state index contributed by atoms with van der Waals surface area (Å²) in [6, 6.07) is 7.42. The Morgan fingerprint density at radius 2 is 1.40 bits per heavy atom. The topological polar surface area (TPSA) is 40.5 Å². The van der Waals surface area contributed by atoms with Crippen LogP contribution < -0.4 is 0 Å². The molecule has 15 heavy (non-hydrogen) atoms. The number of phenolic OH excluding ortho intramolecular Hbond substituents is 1. The van der Waals surface area contributed by atoms with Crippen molar-refractivity contribution >= 4 is 0 Å². The van der Waals surface area contributed by atoms with Gasteiger partial charge in [0.15, 0.2) is 0 Å². The fraction of sp³-hybridized carbons (Fsp3) is 0.538. The van der Waals surface area contributed by atoms with E-state index in [2.05, 4.69) is 0 Å². The smallest absolute Gasteiger partial charge is 0.115 e. The summed E-state index contributed by atoms with van der Waals surface area (Å²) in [5, 5.41) is 17.7. The molecule has 0 fully saturated rings. The molecule has 0 saturated carbocycles. The maximum Gasteiger partial charge on any atom is 0.115 e. The predicted octanol–water partition coefficient (Wildman–Crippen LogP) is 2.88. The molecule has 0 saturated heterocycles. The van der Waals surface area contributed by atoms with Crippen LogP contribution in [-0.4, -0.2) is 16.8 Å². The number of aliphatic hydroxyl groups excluding tert-OH is 1. The highest BCUT2D eigenvalue weighted by atomic mass is 16.3.